The Bertz CT molecular complexity index is 1030. The van der Waals surface area contributed by atoms with Crippen molar-refractivity contribution in [2.45, 2.75) is 87.7 Å². The van der Waals surface area contributed by atoms with E-state index in [0.717, 1.165) is 12.8 Å². The maximum absolute atomic E-state index is 14.0. The molecule has 2 aliphatic carbocycles. The summed E-state index contributed by atoms with van der Waals surface area (Å²) < 4.78 is 42.1. The fourth-order valence-corrected chi connectivity index (χ4v) is 8.12. The molecule has 3 atom stereocenters. The first-order valence-corrected chi connectivity index (χ1v) is 16.7. The van der Waals surface area contributed by atoms with Crippen molar-refractivity contribution in [1.82, 2.24) is 4.31 Å². The van der Waals surface area contributed by atoms with Crippen molar-refractivity contribution in [2.75, 3.05) is 13.2 Å². The molecule has 1 aromatic carbocycles. The number of carboxylic acid groups (broad SMARTS) is 1. The number of carboxylic acids is 1. The van der Waals surface area contributed by atoms with Crippen LogP contribution in [-0.4, -0.2) is 63.5 Å². The maximum atomic E-state index is 14.0. The molecule has 0 amide bonds. The van der Waals surface area contributed by atoms with E-state index < -0.39 is 41.9 Å². The second-order valence-corrected chi connectivity index (χ2v) is 18.6. The minimum atomic E-state index is -3.90. The van der Waals surface area contributed by atoms with Crippen LogP contribution >= 0.6 is 11.6 Å². The second kappa shape index (κ2) is 8.85. The number of rotatable bonds is 8. The molecule has 1 aromatic rings. The molecule has 0 bridgehead atoms. The molecule has 7 nitrogen and oxygen atoms in total. The smallest absolute Gasteiger partial charge is 0.332 e. The van der Waals surface area contributed by atoms with E-state index in [4.69, 9.17) is 20.8 Å². The van der Waals surface area contributed by atoms with Crippen molar-refractivity contribution in [1.29, 1.82) is 0 Å². The van der Waals surface area contributed by atoms with Crippen LogP contribution in [0.4, 0.5) is 0 Å². The molecule has 0 aromatic heterocycles. The van der Waals surface area contributed by atoms with Crippen LogP contribution in [0, 0.1) is 11.3 Å². The minimum Gasteiger partial charge on any atom is -0.479 e. The van der Waals surface area contributed by atoms with Crippen molar-refractivity contribution >= 4 is 35.9 Å². The lowest BCUT2D eigenvalue weighted by Crippen LogP contribution is -2.62. The van der Waals surface area contributed by atoms with E-state index in [0.29, 0.717) is 24.5 Å². The molecule has 190 valence electrons. The van der Waals surface area contributed by atoms with Crippen molar-refractivity contribution in [2.24, 2.45) is 11.3 Å². The molecule has 3 fully saturated rings. The average molecular weight is 530 g/mol. The summed E-state index contributed by atoms with van der Waals surface area (Å²) in [6.45, 7) is 10.8. The number of nitrogens with zero attached hydrogens (tertiary/aromatic N) is 1. The third kappa shape index (κ3) is 4.71. The molecular weight excluding hydrogens is 494 g/mol. The van der Waals surface area contributed by atoms with Crippen LogP contribution in [0.5, 0.6) is 0 Å². The van der Waals surface area contributed by atoms with Gasteiger partial charge in [-0.2, -0.15) is 4.31 Å². The van der Waals surface area contributed by atoms with E-state index in [1.54, 1.807) is 16.4 Å². The van der Waals surface area contributed by atoms with Crippen molar-refractivity contribution in [3.8, 4) is 0 Å². The number of ether oxygens (including phenoxy) is 1. The molecule has 4 rings (SSSR count). The summed E-state index contributed by atoms with van der Waals surface area (Å²) in [5.74, 6) is -0.801. The summed E-state index contributed by atoms with van der Waals surface area (Å²) in [6.07, 6.45) is 2.00. The summed E-state index contributed by atoms with van der Waals surface area (Å²) in [5.41, 5.74) is -0.811. The fourth-order valence-electron chi connectivity index (χ4n) is 4.80. The van der Waals surface area contributed by atoms with Gasteiger partial charge in [-0.25, -0.2) is 13.2 Å². The maximum Gasteiger partial charge on any atom is 0.332 e. The Balaban J connectivity index is 1.75. The summed E-state index contributed by atoms with van der Waals surface area (Å²) in [4.78, 5) is 12.8. The first-order chi connectivity index (χ1) is 15.7. The molecule has 1 unspecified atom stereocenters. The minimum absolute atomic E-state index is 0.167. The summed E-state index contributed by atoms with van der Waals surface area (Å²) in [5, 5.41) is 10.6. The van der Waals surface area contributed by atoms with Gasteiger partial charge in [0.1, 0.15) is 0 Å². The molecular formula is C24H36ClNO6SSi. The fraction of sp³-hybridized carbons (Fsp3) is 0.708. The Labute approximate surface area is 208 Å². The molecule has 3 aliphatic rings. The number of carbonyl (C=O) groups is 1. The van der Waals surface area contributed by atoms with Gasteiger partial charge in [-0.15, -0.1) is 0 Å². The van der Waals surface area contributed by atoms with E-state index >= 15 is 0 Å². The summed E-state index contributed by atoms with van der Waals surface area (Å²) >= 11 is 6.02. The highest BCUT2D eigenvalue weighted by atomic mass is 35.5. The molecule has 1 heterocycles. The van der Waals surface area contributed by atoms with E-state index in [1.807, 2.05) is 13.1 Å². The van der Waals surface area contributed by atoms with Crippen LogP contribution in [0.25, 0.3) is 0 Å². The predicted molar refractivity (Wildman–Crippen MR) is 133 cm³/mol. The Hall–Kier alpha value is -0.973. The Morgan fingerprint density at radius 3 is 2.26 bits per heavy atom. The molecule has 2 saturated carbocycles. The first kappa shape index (κ1) is 26.1. The van der Waals surface area contributed by atoms with Crippen molar-refractivity contribution in [3.05, 3.63) is 29.3 Å². The number of sulfonamides is 1. The molecule has 0 spiro atoms. The molecule has 34 heavy (non-hydrogen) atoms. The highest BCUT2D eigenvalue weighted by Crippen LogP contribution is 2.58. The summed E-state index contributed by atoms with van der Waals surface area (Å²) in [6, 6.07) is 5.29. The van der Waals surface area contributed by atoms with Crippen LogP contribution in [0.1, 0.15) is 46.5 Å². The quantitative estimate of drug-likeness (QED) is 0.488. The van der Waals surface area contributed by atoms with Gasteiger partial charge in [0, 0.05) is 10.4 Å². The number of halogens is 1. The molecule has 1 aliphatic heterocycles. The number of aliphatic carboxylic acids is 1. The van der Waals surface area contributed by atoms with Gasteiger partial charge in [0.2, 0.25) is 10.0 Å². The SMILES string of the molecule is CC(C)(C)[Si](C)(C)OC(C(=O)O)C1([C@H]2COC[C@@H](C3CC3)N2S(=O)(=O)c2ccc(Cl)cc2)CC1. The highest BCUT2D eigenvalue weighted by molar-refractivity contribution is 7.89. The first-order valence-electron chi connectivity index (χ1n) is 12.0. The number of morpholine rings is 1. The van der Waals surface area contributed by atoms with Crippen LogP contribution < -0.4 is 0 Å². The number of hydrogen-bond acceptors (Lipinski definition) is 5. The van der Waals surface area contributed by atoms with E-state index in [1.165, 1.54) is 12.1 Å². The Morgan fingerprint density at radius 2 is 1.79 bits per heavy atom. The van der Waals surface area contributed by atoms with Gasteiger partial charge >= 0.3 is 5.97 Å². The molecule has 1 saturated heterocycles. The molecule has 0 radical (unpaired) electrons. The normalized spacial score (nSPS) is 26.8. The monoisotopic (exact) mass is 529 g/mol. The van der Waals surface area contributed by atoms with Gasteiger partial charge < -0.3 is 14.3 Å². The zero-order valence-electron chi connectivity index (χ0n) is 20.6. The van der Waals surface area contributed by atoms with Gasteiger partial charge in [-0.3, -0.25) is 0 Å². The lowest BCUT2D eigenvalue weighted by Gasteiger charge is -2.48. The Morgan fingerprint density at radius 1 is 1.21 bits per heavy atom. The zero-order chi connectivity index (χ0) is 25.1. The van der Waals surface area contributed by atoms with E-state index in [9.17, 15) is 18.3 Å². The van der Waals surface area contributed by atoms with Crippen LogP contribution in [0.2, 0.25) is 23.2 Å². The van der Waals surface area contributed by atoms with Crippen LogP contribution in [0.3, 0.4) is 0 Å². The van der Waals surface area contributed by atoms with Gasteiger partial charge in [0.25, 0.3) is 0 Å². The Kier molecular flexibility index (Phi) is 6.79. The van der Waals surface area contributed by atoms with E-state index in [-0.39, 0.29) is 28.5 Å². The largest absolute Gasteiger partial charge is 0.479 e. The molecule has 1 N–H and O–H groups in total. The lowest BCUT2D eigenvalue weighted by molar-refractivity contribution is -0.153. The molecule has 10 heteroatoms. The van der Waals surface area contributed by atoms with Crippen molar-refractivity contribution < 1.29 is 27.5 Å². The van der Waals surface area contributed by atoms with E-state index in [2.05, 4.69) is 20.8 Å². The third-order valence-electron chi connectivity index (χ3n) is 8.21. The summed E-state index contributed by atoms with van der Waals surface area (Å²) in [7, 11) is -6.33. The third-order valence-corrected chi connectivity index (χ3v) is 14.8. The van der Waals surface area contributed by atoms with Crippen molar-refractivity contribution in [3.63, 3.8) is 0 Å². The predicted octanol–water partition coefficient (Wildman–Crippen LogP) is 4.76. The highest BCUT2D eigenvalue weighted by Gasteiger charge is 2.65. The van der Waals surface area contributed by atoms with Gasteiger partial charge in [0.05, 0.1) is 30.2 Å². The van der Waals surface area contributed by atoms with Crippen LogP contribution in [0.15, 0.2) is 29.2 Å². The number of hydrogen-bond donors (Lipinski definition) is 1. The standard InChI is InChI=1S/C24H36ClNO6SSi/c1-23(2,3)34(4,5)32-21(22(27)28)24(12-13-24)20-15-31-14-19(16-6-7-16)26(20)33(29,30)18-10-8-17(25)9-11-18/h8-11,16,19-21H,6-7,12-15H2,1-5H3,(H,27,28)/t19-,20+,21?/m0/s1. The second-order valence-electron chi connectivity index (χ2n) is 11.6. The number of benzene rings is 1. The zero-order valence-corrected chi connectivity index (χ0v) is 23.2. The van der Waals surface area contributed by atoms with Gasteiger partial charge in [-0.1, -0.05) is 32.4 Å². The lowest BCUT2D eigenvalue weighted by atomic mass is 9.88. The van der Waals surface area contributed by atoms with Gasteiger partial charge in [-0.05, 0) is 74.0 Å². The van der Waals surface area contributed by atoms with Gasteiger partial charge in [0.15, 0.2) is 14.4 Å². The average Bonchev–Trinajstić information content (AvgIpc) is 3.65. The topological polar surface area (TPSA) is 93.1 Å². The van der Waals surface area contributed by atoms with Crippen LogP contribution in [-0.2, 0) is 24.0 Å².